The van der Waals surface area contributed by atoms with Gasteiger partial charge in [-0.1, -0.05) is 13.3 Å². The van der Waals surface area contributed by atoms with Crippen molar-refractivity contribution in [2.24, 2.45) is 5.73 Å². The van der Waals surface area contributed by atoms with Gasteiger partial charge in [-0.3, -0.25) is 9.69 Å². The van der Waals surface area contributed by atoms with Crippen molar-refractivity contribution >= 4 is 5.91 Å². The normalized spacial score (nSPS) is 10.7. The predicted octanol–water partition coefficient (Wildman–Crippen LogP) is 0.526. The first-order valence-electron chi connectivity index (χ1n) is 5.82. The smallest absolute Gasteiger partial charge is 0.236 e. The molecule has 0 bridgehead atoms. The van der Waals surface area contributed by atoms with Crippen molar-refractivity contribution in [2.75, 3.05) is 39.8 Å². The number of carbonyl (C=O) groups excluding carboxylic acids is 1. The van der Waals surface area contributed by atoms with Crippen molar-refractivity contribution < 1.29 is 4.79 Å². The molecule has 0 saturated carbocycles. The van der Waals surface area contributed by atoms with Gasteiger partial charge < -0.3 is 10.6 Å². The summed E-state index contributed by atoms with van der Waals surface area (Å²) in [7, 11) is 1.84. The number of hydrogen-bond donors (Lipinski definition) is 1. The molecule has 4 heteroatoms. The lowest BCUT2D eigenvalue weighted by atomic mass is 10.3. The Kier molecular flexibility index (Phi) is 8.33. The summed E-state index contributed by atoms with van der Waals surface area (Å²) in [6.45, 7) is 7.80. The van der Waals surface area contributed by atoms with Gasteiger partial charge in [0, 0.05) is 26.7 Å². The molecular formula is C11H25N3O. The number of unbranched alkanes of at least 4 members (excludes halogenated alkanes) is 1. The number of likely N-dealkylation sites (N-methyl/N-ethyl adjacent to an activating group) is 1. The molecule has 4 nitrogen and oxygen atoms in total. The standard InChI is InChI=1S/C11H25N3O/c1-4-6-8-14(9-7-12)10-11(15)13(3)5-2/h4-10,12H2,1-3H3. The monoisotopic (exact) mass is 215 g/mol. The molecule has 90 valence electrons. The van der Waals surface area contributed by atoms with E-state index in [1.807, 2.05) is 14.0 Å². The second kappa shape index (κ2) is 8.68. The third-order valence-electron chi connectivity index (χ3n) is 2.53. The zero-order chi connectivity index (χ0) is 11.7. The minimum atomic E-state index is 0.182. The maximum atomic E-state index is 11.7. The summed E-state index contributed by atoms with van der Waals surface area (Å²) in [5.74, 6) is 0.182. The quantitative estimate of drug-likeness (QED) is 0.642. The van der Waals surface area contributed by atoms with Gasteiger partial charge in [-0.05, 0) is 19.9 Å². The Hall–Kier alpha value is -0.610. The van der Waals surface area contributed by atoms with Crippen molar-refractivity contribution in [2.45, 2.75) is 26.7 Å². The molecule has 0 aromatic heterocycles. The molecule has 0 atom stereocenters. The molecule has 0 saturated heterocycles. The van der Waals surface area contributed by atoms with Crippen LogP contribution in [0.25, 0.3) is 0 Å². The van der Waals surface area contributed by atoms with E-state index in [0.29, 0.717) is 13.1 Å². The predicted molar refractivity (Wildman–Crippen MR) is 63.7 cm³/mol. The van der Waals surface area contributed by atoms with Crippen LogP contribution in [-0.4, -0.2) is 55.5 Å². The number of nitrogens with zero attached hydrogens (tertiary/aromatic N) is 2. The number of hydrogen-bond acceptors (Lipinski definition) is 3. The lowest BCUT2D eigenvalue weighted by Crippen LogP contribution is -2.40. The molecule has 0 heterocycles. The van der Waals surface area contributed by atoms with E-state index in [4.69, 9.17) is 5.73 Å². The van der Waals surface area contributed by atoms with Crippen LogP contribution in [0.1, 0.15) is 26.7 Å². The molecule has 0 radical (unpaired) electrons. The van der Waals surface area contributed by atoms with Gasteiger partial charge in [-0.15, -0.1) is 0 Å². The number of carbonyl (C=O) groups is 1. The fraction of sp³-hybridized carbons (Fsp3) is 0.909. The number of nitrogens with two attached hydrogens (primary N) is 1. The minimum absolute atomic E-state index is 0.182. The molecule has 0 aliphatic rings. The maximum absolute atomic E-state index is 11.7. The van der Waals surface area contributed by atoms with Crippen LogP contribution >= 0.6 is 0 Å². The molecule has 15 heavy (non-hydrogen) atoms. The minimum Gasteiger partial charge on any atom is -0.345 e. The molecule has 0 unspecified atom stereocenters. The highest BCUT2D eigenvalue weighted by atomic mass is 16.2. The summed E-state index contributed by atoms with van der Waals surface area (Å²) in [6, 6.07) is 0. The van der Waals surface area contributed by atoms with E-state index in [9.17, 15) is 4.79 Å². The van der Waals surface area contributed by atoms with Gasteiger partial charge in [0.25, 0.3) is 0 Å². The molecule has 0 aromatic carbocycles. The third kappa shape index (κ3) is 6.47. The van der Waals surface area contributed by atoms with E-state index in [2.05, 4.69) is 11.8 Å². The zero-order valence-electron chi connectivity index (χ0n) is 10.3. The Morgan fingerprint density at radius 2 is 1.93 bits per heavy atom. The first kappa shape index (κ1) is 14.4. The molecule has 0 spiro atoms. The molecule has 1 amide bonds. The molecule has 0 rings (SSSR count). The van der Waals surface area contributed by atoms with E-state index in [0.717, 1.165) is 32.5 Å². The van der Waals surface area contributed by atoms with Gasteiger partial charge in [0.1, 0.15) is 0 Å². The average Bonchev–Trinajstić information content (AvgIpc) is 2.24. The van der Waals surface area contributed by atoms with Gasteiger partial charge in [0.05, 0.1) is 6.54 Å². The molecule has 2 N–H and O–H groups in total. The van der Waals surface area contributed by atoms with E-state index in [1.165, 1.54) is 0 Å². The summed E-state index contributed by atoms with van der Waals surface area (Å²) >= 11 is 0. The molecule has 0 aliphatic heterocycles. The fourth-order valence-electron chi connectivity index (χ4n) is 1.32. The van der Waals surface area contributed by atoms with E-state index >= 15 is 0 Å². The van der Waals surface area contributed by atoms with Crippen LogP contribution in [0.3, 0.4) is 0 Å². The zero-order valence-corrected chi connectivity index (χ0v) is 10.3. The SMILES string of the molecule is CCCCN(CCN)CC(=O)N(C)CC. The summed E-state index contributed by atoms with van der Waals surface area (Å²) in [5.41, 5.74) is 5.52. The van der Waals surface area contributed by atoms with Gasteiger partial charge in [0.15, 0.2) is 0 Å². The topological polar surface area (TPSA) is 49.6 Å². The van der Waals surface area contributed by atoms with Crippen molar-refractivity contribution in [3.63, 3.8) is 0 Å². The Bertz CT molecular complexity index is 173. The number of rotatable bonds is 8. The van der Waals surface area contributed by atoms with Crippen LogP contribution in [-0.2, 0) is 4.79 Å². The average molecular weight is 215 g/mol. The van der Waals surface area contributed by atoms with Crippen molar-refractivity contribution in [1.29, 1.82) is 0 Å². The van der Waals surface area contributed by atoms with Crippen LogP contribution in [0, 0.1) is 0 Å². The van der Waals surface area contributed by atoms with E-state index < -0.39 is 0 Å². The first-order valence-corrected chi connectivity index (χ1v) is 5.82. The van der Waals surface area contributed by atoms with Crippen molar-refractivity contribution in [3.8, 4) is 0 Å². The molecular weight excluding hydrogens is 190 g/mol. The van der Waals surface area contributed by atoms with Gasteiger partial charge >= 0.3 is 0 Å². The second-order valence-electron chi connectivity index (χ2n) is 3.83. The first-order chi connectivity index (χ1) is 7.15. The molecule has 0 aliphatic carbocycles. The summed E-state index contributed by atoms with van der Waals surface area (Å²) < 4.78 is 0. The molecule has 0 fully saturated rings. The second-order valence-corrected chi connectivity index (χ2v) is 3.83. The lowest BCUT2D eigenvalue weighted by Gasteiger charge is -2.23. The highest BCUT2D eigenvalue weighted by Gasteiger charge is 2.12. The van der Waals surface area contributed by atoms with Crippen LogP contribution < -0.4 is 5.73 Å². The Morgan fingerprint density at radius 3 is 2.40 bits per heavy atom. The van der Waals surface area contributed by atoms with Crippen LogP contribution in [0.5, 0.6) is 0 Å². The summed E-state index contributed by atoms with van der Waals surface area (Å²) in [5, 5.41) is 0. The highest BCUT2D eigenvalue weighted by molar-refractivity contribution is 5.77. The van der Waals surface area contributed by atoms with Gasteiger partial charge in [-0.25, -0.2) is 0 Å². The largest absolute Gasteiger partial charge is 0.345 e. The van der Waals surface area contributed by atoms with Crippen LogP contribution in [0.2, 0.25) is 0 Å². The number of amides is 1. The Labute approximate surface area is 93.4 Å². The lowest BCUT2D eigenvalue weighted by molar-refractivity contribution is -0.130. The third-order valence-corrected chi connectivity index (χ3v) is 2.53. The van der Waals surface area contributed by atoms with Crippen LogP contribution in [0.15, 0.2) is 0 Å². The Balaban J connectivity index is 3.97. The highest BCUT2D eigenvalue weighted by Crippen LogP contribution is 1.96. The van der Waals surface area contributed by atoms with E-state index in [-0.39, 0.29) is 5.91 Å². The fourth-order valence-corrected chi connectivity index (χ4v) is 1.32. The van der Waals surface area contributed by atoms with Gasteiger partial charge in [0.2, 0.25) is 5.91 Å². The van der Waals surface area contributed by atoms with Gasteiger partial charge in [-0.2, -0.15) is 0 Å². The maximum Gasteiger partial charge on any atom is 0.236 e. The molecule has 0 aromatic rings. The van der Waals surface area contributed by atoms with Crippen LogP contribution in [0.4, 0.5) is 0 Å². The summed E-state index contributed by atoms with van der Waals surface area (Å²) in [6.07, 6.45) is 2.28. The Morgan fingerprint density at radius 1 is 1.27 bits per heavy atom. The summed E-state index contributed by atoms with van der Waals surface area (Å²) in [4.78, 5) is 15.5. The van der Waals surface area contributed by atoms with E-state index in [1.54, 1.807) is 4.90 Å². The van der Waals surface area contributed by atoms with Crippen molar-refractivity contribution in [3.05, 3.63) is 0 Å². The van der Waals surface area contributed by atoms with Crippen molar-refractivity contribution in [1.82, 2.24) is 9.80 Å².